The molecule has 1 aromatic rings. The molecule has 0 saturated carbocycles. The van der Waals surface area contributed by atoms with Gasteiger partial charge in [-0.25, -0.2) is 9.97 Å². The summed E-state index contributed by atoms with van der Waals surface area (Å²) in [4.78, 5) is 7.88. The number of hydrogen-bond acceptors (Lipinski definition) is 4. The summed E-state index contributed by atoms with van der Waals surface area (Å²) in [5.41, 5.74) is 1.46. The van der Waals surface area contributed by atoms with Gasteiger partial charge in [-0.15, -0.1) is 11.6 Å². The van der Waals surface area contributed by atoms with E-state index in [2.05, 4.69) is 15.3 Å². The average Bonchev–Trinajstić information content (AvgIpc) is 2.29. The van der Waals surface area contributed by atoms with Gasteiger partial charge in [0.2, 0.25) is 0 Å². The molecule has 0 fully saturated rings. The molecule has 0 saturated heterocycles. The monoisotopic (exact) mass is 225 g/mol. The van der Waals surface area contributed by atoms with E-state index in [-0.39, 0.29) is 5.88 Å². The van der Waals surface area contributed by atoms with Crippen molar-refractivity contribution in [3.8, 4) is 0 Å². The first-order chi connectivity index (χ1) is 7.27. The summed E-state index contributed by atoms with van der Waals surface area (Å²) in [5.74, 6) is 0.414. The van der Waals surface area contributed by atoms with E-state index in [1.54, 1.807) is 31.5 Å². The van der Waals surface area contributed by atoms with Crippen molar-refractivity contribution in [2.45, 2.75) is 0 Å². The minimum Gasteiger partial charge on any atom is -0.495 e. The Morgan fingerprint density at radius 2 is 2.47 bits per heavy atom. The zero-order valence-corrected chi connectivity index (χ0v) is 9.07. The van der Waals surface area contributed by atoms with Gasteiger partial charge in [0.05, 0.1) is 5.69 Å². The van der Waals surface area contributed by atoms with Crippen LogP contribution in [0.2, 0.25) is 0 Å². The fraction of sp³-hybridized carbons (Fsp3) is 0.200. The van der Waals surface area contributed by atoms with Gasteiger partial charge in [0.25, 0.3) is 0 Å². The molecule has 80 valence electrons. The van der Waals surface area contributed by atoms with Crippen LogP contribution in [-0.4, -0.2) is 28.0 Å². The van der Waals surface area contributed by atoms with Crippen molar-refractivity contribution in [2.75, 3.05) is 12.9 Å². The van der Waals surface area contributed by atoms with E-state index in [9.17, 15) is 5.11 Å². The fourth-order valence-electron chi connectivity index (χ4n) is 1.00. The SMILES string of the molecule is CNC(O)=CC(=CCCl)c1ccncn1. The van der Waals surface area contributed by atoms with Crippen LogP contribution < -0.4 is 5.32 Å². The van der Waals surface area contributed by atoms with Crippen LogP contribution in [0.3, 0.4) is 0 Å². The predicted molar refractivity (Wildman–Crippen MR) is 60.5 cm³/mol. The Balaban J connectivity index is 3.00. The van der Waals surface area contributed by atoms with Crippen LogP contribution in [0.25, 0.3) is 5.57 Å². The van der Waals surface area contributed by atoms with Crippen molar-refractivity contribution < 1.29 is 5.11 Å². The maximum Gasteiger partial charge on any atom is 0.184 e. The molecule has 0 aromatic carbocycles. The van der Waals surface area contributed by atoms with E-state index < -0.39 is 0 Å². The zero-order chi connectivity index (χ0) is 11.1. The van der Waals surface area contributed by atoms with Crippen molar-refractivity contribution in [1.29, 1.82) is 0 Å². The van der Waals surface area contributed by atoms with Gasteiger partial charge in [0.15, 0.2) is 5.88 Å². The van der Waals surface area contributed by atoms with Crippen LogP contribution in [0.4, 0.5) is 0 Å². The Morgan fingerprint density at radius 1 is 1.67 bits per heavy atom. The van der Waals surface area contributed by atoms with Crippen molar-refractivity contribution in [1.82, 2.24) is 15.3 Å². The first-order valence-corrected chi connectivity index (χ1v) is 4.92. The molecule has 0 aliphatic carbocycles. The minimum atomic E-state index is 0.0602. The first kappa shape index (κ1) is 11.5. The molecule has 0 aliphatic rings. The van der Waals surface area contributed by atoms with Gasteiger partial charge in [0.1, 0.15) is 6.33 Å². The minimum absolute atomic E-state index is 0.0602. The molecule has 15 heavy (non-hydrogen) atoms. The highest BCUT2D eigenvalue weighted by atomic mass is 35.5. The number of aromatic nitrogens is 2. The van der Waals surface area contributed by atoms with Crippen molar-refractivity contribution in [3.05, 3.63) is 42.3 Å². The van der Waals surface area contributed by atoms with E-state index in [1.807, 2.05) is 0 Å². The highest BCUT2D eigenvalue weighted by molar-refractivity contribution is 6.19. The van der Waals surface area contributed by atoms with Gasteiger partial charge in [0, 0.05) is 30.8 Å². The number of nitrogens with zero attached hydrogens (tertiary/aromatic N) is 2. The normalized spacial score (nSPS) is 12.7. The first-order valence-electron chi connectivity index (χ1n) is 4.39. The van der Waals surface area contributed by atoms with E-state index >= 15 is 0 Å². The second kappa shape index (κ2) is 6.03. The van der Waals surface area contributed by atoms with E-state index in [0.717, 1.165) is 5.57 Å². The Hall–Kier alpha value is -1.55. The van der Waals surface area contributed by atoms with Gasteiger partial charge < -0.3 is 10.4 Å². The second-order valence-electron chi connectivity index (χ2n) is 2.69. The molecule has 0 amide bonds. The molecule has 0 atom stereocenters. The number of allylic oxidation sites excluding steroid dienone is 3. The summed E-state index contributed by atoms with van der Waals surface area (Å²) < 4.78 is 0. The molecule has 1 rings (SSSR count). The standard InChI is InChI=1S/C10H12ClN3O/c1-12-10(15)6-8(2-4-11)9-3-5-13-7-14-9/h2-3,5-7,12,15H,4H2,1H3. The molecular weight excluding hydrogens is 214 g/mol. The number of nitrogens with one attached hydrogen (secondary N) is 1. The number of aliphatic hydroxyl groups is 1. The van der Waals surface area contributed by atoms with E-state index in [0.29, 0.717) is 11.6 Å². The number of hydrogen-bond donors (Lipinski definition) is 2. The number of aliphatic hydroxyl groups excluding tert-OH is 1. The molecule has 0 unspecified atom stereocenters. The highest BCUT2D eigenvalue weighted by Crippen LogP contribution is 2.13. The van der Waals surface area contributed by atoms with Crippen molar-refractivity contribution in [3.63, 3.8) is 0 Å². The summed E-state index contributed by atoms with van der Waals surface area (Å²) in [7, 11) is 1.63. The maximum absolute atomic E-state index is 9.34. The molecule has 5 heteroatoms. The number of halogens is 1. The van der Waals surface area contributed by atoms with Crippen LogP contribution >= 0.6 is 11.6 Å². The molecular formula is C10H12ClN3O. The second-order valence-corrected chi connectivity index (χ2v) is 3.00. The summed E-state index contributed by atoms with van der Waals surface area (Å²) in [6, 6.07) is 1.75. The molecule has 0 radical (unpaired) electrons. The lowest BCUT2D eigenvalue weighted by molar-refractivity contribution is 0.377. The summed E-state index contributed by atoms with van der Waals surface area (Å²) >= 11 is 5.62. The Kier molecular flexibility index (Phi) is 4.63. The Morgan fingerprint density at radius 3 is 3.00 bits per heavy atom. The number of alkyl halides is 1. The lowest BCUT2D eigenvalue weighted by Crippen LogP contribution is -2.04. The van der Waals surface area contributed by atoms with Crippen molar-refractivity contribution >= 4 is 17.2 Å². The van der Waals surface area contributed by atoms with Crippen LogP contribution in [0, 0.1) is 0 Å². The van der Waals surface area contributed by atoms with Crippen LogP contribution in [-0.2, 0) is 0 Å². The fourth-order valence-corrected chi connectivity index (χ4v) is 1.17. The Bertz CT molecular complexity index is 362. The quantitative estimate of drug-likeness (QED) is 0.465. The predicted octanol–water partition coefficient (Wildman–Crippen LogP) is 1.72. The molecule has 4 nitrogen and oxygen atoms in total. The van der Waals surface area contributed by atoms with Crippen LogP contribution in [0.5, 0.6) is 0 Å². The van der Waals surface area contributed by atoms with Gasteiger partial charge in [-0.05, 0) is 6.07 Å². The Labute approximate surface area is 93.3 Å². The molecule has 0 bridgehead atoms. The third-order valence-electron chi connectivity index (χ3n) is 1.72. The van der Waals surface area contributed by atoms with E-state index in [4.69, 9.17) is 11.6 Å². The topological polar surface area (TPSA) is 58.0 Å². The molecule has 1 heterocycles. The average molecular weight is 226 g/mol. The van der Waals surface area contributed by atoms with Gasteiger partial charge in [-0.1, -0.05) is 6.08 Å². The van der Waals surface area contributed by atoms with Crippen LogP contribution in [0.1, 0.15) is 5.69 Å². The van der Waals surface area contributed by atoms with Gasteiger partial charge in [-0.3, -0.25) is 0 Å². The molecule has 0 spiro atoms. The smallest absolute Gasteiger partial charge is 0.184 e. The van der Waals surface area contributed by atoms with Gasteiger partial charge in [-0.2, -0.15) is 0 Å². The lowest BCUT2D eigenvalue weighted by atomic mass is 10.1. The van der Waals surface area contributed by atoms with Crippen LogP contribution in [0.15, 0.2) is 36.6 Å². The molecule has 1 aromatic heterocycles. The maximum atomic E-state index is 9.34. The number of rotatable bonds is 4. The lowest BCUT2D eigenvalue weighted by Gasteiger charge is -2.02. The zero-order valence-electron chi connectivity index (χ0n) is 8.31. The third-order valence-corrected chi connectivity index (χ3v) is 1.88. The third kappa shape index (κ3) is 3.59. The van der Waals surface area contributed by atoms with Gasteiger partial charge >= 0.3 is 0 Å². The largest absolute Gasteiger partial charge is 0.495 e. The van der Waals surface area contributed by atoms with Crippen molar-refractivity contribution in [2.24, 2.45) is 0 Å². The highest BCUT2D eigenvalue weighted by Gasteiger charge is 2.00. The molecule has 0 aliphatic heterocycles. The summed E-state index contributed by atoms with van der Waals surface area (Å²) in [6.07, 6.45) is 6.40. The summed E-state index contributed by atoms with van der Waals surface area (Å²) in [5, 5.41) is 12.0. The summed E-state index contributed by atoms with van der Waals surface area (Å²) in [6.45, 7) is 0. The molecule has 2 N–H and O–H groups in total. The van der Waals surface area contributed by atoms with E-state index in [1.165, 1.54) is 6.33 Å².